The Morgan fingerprint density at radius 3 is 2.65 bits per heavy atom. The summed E-state index contributed by atoms with van der Waals surface area (Å²) in [4.78, 5) is 22.9. The summed E-state index contributed by atoms with van der Waals surface area (Å²) in [7, 11) is 1.26. The zero-order valence-electron chi connectivity index (χ0n) is 9.49. The van der Waals surface area contributed by atoms with E-state index in [0.717, 1.165) is 4.47 Å². The fourth-order valence-corrected chi connectivity index (χ4v) is 1.63. The van der Waals surface area contributed by atoms with Crippen molar-refractivity contribution < 1.29 is 14.3 Å². The largest absolute Gasteiger partial charge is 0.467 e. The normalized spacial score (nSPS) is 11.7. The van der Waals surface area contributed by atoms with Gasteiger partial charge in [0.2, 0.25) is 0 Å². The Labute approximate surface area is 107 Å². The van der Waals surface area contributed by atoms with Crippen LogP contribution in [0.25, 0.3) is 0 Å². The second kappa shape index (κ2) is 5.67. The highest BCUT2D eigenvalue weighted by Crippen LogP contribution is 2.18. The molecule has 1 amide bonds. The Kier molecular flexibility index (Phi) is 4.51. The monoisotopic (exact) mass is 300 g/mol. The van der Waals surface area contributed by atoms with Crippen LogP contribution in [0.3, 0.4) is 0 Å². The van der Waals surface area contributed by atoms with Gasteiger partial charge < -0.3 is 15.8 Å². The molecule has 0 aliphatic heterocycles. The van der Waals surface area contributed by atoms with Gasteiger partial charge in [0.1, 0.15) is 6.04 Å². The smallest absolute Gasteiger partial charge is 0.328 e. The number of hydrogen-bond acceptors (Lipinski definition) is 4. The molecular formula is C11H13BrN2O3. The summed E-state index contributed by atoms with van der Waals surface area (Å²) in [5.74, 6) is -0.915. The number of carbonyl (C=O) groups is 2. The van der Waals surface area contributed by atoms with Crippen molar-refractivity contribution in [1.82, 2.24) is 5.32 Å². The molecule has 1 aromatic rings. The third-order valence-electron chi connectivity index (χ3n) is 2.16. The van der Waals surface area contributed by atoms with Crippen molar-refractivity contribution in [1.29, 1.82) is 0 Å². The molecular weight excluding hydrogens is 288 g/mol. The number of hydrogen-bond donors (Lipinski definition) is 2. The van der Waals surface area contributed by atoms with Crippen molar-refractivity contribution in [2.45, 2.75) is 13.0 Å². The quantitative estimate of drug-likeness (QED) is 0.652. The minimum atomic E-state index is -0.712. The lowest BCUT2D eigenvalue weighted by Crippen LogP contribution is -2.39. The standard InChI is InChI=1S/C11H13BrN2O3/c1-6(11(16)17-2)14-10(15)8-4-3-7(12)5-9(8)13/h3-6H,13H2,1-2H3,(H,14,15)/t6-/m0/s1. The Hall–Kier alpha value is -1.56. The number of anilines is 1. The molecule has 0 aliphatic rings. The third kappa shape index (κ3) is 3.45. The number of esters is 1. The van der Waals surface area contributed by atoms with Crippen LogP contribution in [0.1, 0.15) is 17.3 Å². The molecule has 0 saturated heterocycles. The number of carbonyl (C=O) groups excluding carboxylic acids is 2. The first-order chi connectivity index (χ1) is 7.95. The van der Waals surface area contributed by atoms with E-state index >= 15 is 0 Å². The molecule has 3 N–H and O–H groups in total. The van der Waals surface area contributed by atoms with Crippen molar-refractivity contribution in [3.8, 4) is 0 Å². The minimum absolute atomic E-state index is 0.323. The molecule has 0 bridgehead atoms. The Balaban J connectivity index is 2.80. The molecule has 17 heavy (non-hydrogen) atoms. The van der Waals surface area contributed by atoms with Crippen LogP contribution in [0.4, 0.5) is 5.69 Å². The van der Waals surface area contributed by atoms with Crippen LogP contribution < -0.4 is 11.1 Å². The van der Waals surface area contributed by atoms with Gasteiger partial charge in [-0.05, 0) is 25.1 Å². The summed E-state index contributed by atoms with van der Waals surface area (Å²) in [5, 5.41) is 2.50. The van der Waals surface area contributed by atoms with Gasteiger partial charge in [-0.2, -0.15) is 0 Å². The van der Waals surface area contributed by atoms with E-state index in [1.54, 1.807) is 25.1 Å². The number of nitrogens with one attached hydrogen (secondary N) is 1. The summed E-state index contributed by atoms with van der Waals surface area (Å²) < 4.78 is 5.29. The van der Waals surface area contributed by atoms with Crippen molar-refractivity contribution in [3.05, 3.63) is 28.2 Å². The predicted molar refractivity (Wildman–Crippen MR) is 67.5 cm³/mol. The van der Waals surface area contributed by atoms with Gasteiger partial charge in [0.25, 0.3) is 5.91 Å². The van der Waals surface area contributed by atoms with E-state index < -0.39 is 17.9 Å². The topological polar surface area (TPSA) is 81.4 Å². The summed E-state index contributed by atoms with van der Waals surface area (Å²) in [6.07, 6.45) is 0. The lowest BCUT2D eigenvalue weighted by atomic mass is 10.1. The van der Waals surface area contributed by atoms with Crippen LogP contribution in [-0.2, 0) is 9.53 Å². The van der Waals surface area contributed by atoms with Gasteiger partial charge >= 0.3 is 5.97 Å². The maximum atomic E-state index is 11.8. The first kappa shape index (κ1) is 13.5. The van der Waals surface area contributed by atoms with Crippen molar-refractivity contribution >= 4 is 33.5 Å². The summed E-state index contributed by atoms with van der Waals surface area (Å²) in [5.41, 5.74) is 6.36. The molecule has 0 saturated carbocycles. The molecule has 0 aromatic heterocycles. The fraction of sp³-hybridized carbons (Fsp3) is 0.273. The molecule has 92 valence electrons. The van der Waals surface area contributed by atoms with Gasteiger partial charge in [0, 0.05) is 10.2 Å². The molecule has 0 unspecified atom stereocenters. The Morgan fingerprint density at radius 2 is 2.12 bits per heavy atom. The average molecular weight is 301 g/mol. The van der Waals surface area contributed by atoms with Gasteiger partial charge in [-0.25, -0.2) is 4.79 Å². The summed E-state index contributed by atoms with van der Waals surface area (Å²) in [6, 6.07) is 4.19. The van der Waals surface area contributed by atoms with Gasteiger partial charge in [0.05, 0.1) is 12.7 Å². The van der Waals surface area contributed by atoms with E-state index in [-0.39, 0.29) is 0 Å². The van der Waals surface area contributed by atoms with E-state index in [1.807, 2.05) is 0 Å². The second-order valence-corrected chi connectivity index (χ2v) is 4.37. The number of methoxy groups -OCH3 is 1. The first-order valence-corrected chi connectivity index (χ1v) is 5.68. The summed E-state index contributed by atoms with van der Waals surface area (Å²) >= 11 is 3.24. The number of nitrogens with two attached hydrogens (primary N) is 1. The van der Waals surface area contributed by atoms with Crippen molar-refractivity contribution in [3.63, 3.8) is 0 Å². The van der Waals surface area contributed by atoms with Crippen LogP contribution in [-0.4, -0.2) is 25.0 Å². The van der Waals surface area contributed by atoms with Gasteiger partial charge in [-0.15, -0.1) is 0 Å². The highest BCUT2D eigenvalue weighted by Gasteiger charge is 2.18. The first-order valence-electron chi connectivity index (χ1n) is 4.89. The van der Waals surface area contributed by atoms with Crippen LogP contribution in [0.2, 0.25) is 0 Å². The van der Waals surface area contributed by atoms with Crippen LogP contribution in [0.15, 0.2) is 22.7 Å². The molecule has 0 radical (unpaired) electrons. The van der Waals surface area contributed by atoms with Crippen molar-refractivity contribution in [2.24, 2.45) is 0 Å². The van der Waals surface area contributed by atoms with E-state index in [9.17, 15) is 9.59 Å². The molecule has 0 heterocycles. The lowest BCUT2D eigenvalue weighted by Gasteiger charge is -2.12. The van der Waals surface area contributed by atoms with Gasteiger partial charge in [-0.1, -0.05) is 15.9 Å². The van der Waals surface area contributed by atoms with Gasteiger partial charge in [0.15, 0.2) is 0 Å². The minimum Gasteiger partial charge on any atom is -0.467 e. The van der Waals surface area contributed by atoms with E-state index in [0.29, 0.717) is 11.3 Å². The fourth-order valence-electron chi connectivity index (χ4n) is 1.25. The molecule has 1 rings (SSSR count). The van der Waals surface area contributed by atoms with Crippen LogP contribution in [0.5, 0.6) is 0 Å². The molecule has 0 aliphatic carbocycles. The second-order valence-electron chi connectivity index (χ2n) is 3.45. The molecule has 6 heteroatoms. The molecule has 1 aromatic carbocycles. The maximum absolute atomic E-state index is 11.8. The number of benzene rings is 1. The molecule has 0 fully saturated rings. The zero-order valence-corrected chi connectivity index (χ0v) is 11.1. The highest BCUT2D eigenvalue weighted by atomic mass is 79.9. The lowest BCUT2D eigenvalue weighted by molar-refractivity contribution is -0.142. The Bertz CT molecular complexity index is 448. The number of nitrogen functional groups attached to an aromatic ring is 1. The van der Waals surface area contributed by atoms with E-state index in [4.69, 9.17) is 5.73 Å². The maximum Gasteiger partial charge on any atom is 0.328 e. The van der Waals surface area contributed by atoms with Crippen LogP contribution in [0, 0.1) is 0 Å². The van der Waals surface area contributed by atoms with Gasteiger partial charge in [-0.3, -0.25) is 4.79 Å². The van der Waals surface area contributed by atoms with E-state index in [1.165, 1.54) is 7.11 Å². The predicted octanol–water partition coefficient (Wildman–Crippen LogP) is 1.32. The SMILES string of the molecule is COC(=O)[C@H](C)NC(=O)c1ccc(Br)cc1N. The van der Waals surface area contributed by atoms with Crippen LogP contribution >= 0.6 is 15.9 Å². The Morgan fingerprint density at radius 1 is 1.47 bits per heavy atom. The van der Waals surface area contributed by atoms with E-state index in [2.05, 4.69) is 26.0 Å². The third-order valence-corrected chi connectivity index (χ3v) is 2.65. The molecule has 5 nitrogen and oxygen atoms in total. The molecule has 1 atom stereocenters. The highest BCUT2D eigenvalue weighted by molar-refractivity contribution is 9.10. The number of ether oxygens (including phenoxy) is 1. The number of amides is 1. The average Bonchev–Trinajstić information content (AvgIpc) is 2.27. The number of rotatable bonds is 3. The number of halogens is 1. The van der Waals surface area contributed by atoms with Crippen molar-refractivity contribution in [2.75, 3.05) is 12.8 Å². The molecule has 0 spiro atoms. The zero-order chi connectivity index (χ0) is 13.0. The summed E-state index contributed by atoms with van der Waals surface area (Å²) in [6.45, 7) is 1.54.